The van der Waals surface area contributed by atoms with Crippen LogP contribution in [-0.2, 0) is 0 Å². The zero-order chi connectivity index (χ0) is 16.4. The van der Waals surface area contributed by atoms with Crippen molar-refractivity contribution in [1.29, 1.82) is 0 Å². The first-order valence-corrected chi connectivity index (χ1v) is 7.10. The molecule has 0 bridgehead atoms. The Morgan fingerprint density at radius 2 is 2.13 bits per heavy atom. The average Bonchev–Trinajstić information content (AvgIpc) is 2.56. The highest BCUT2D eigenvalue weighted by Gasteiger charge is 2.08. The van der Waals surface area contributed by atoms with E-state index in [1.54, 1.807) is 42.5 Å². The van der Waals surface area contributed by atoms with E-state index in [9.17, 15) is 9.90 Å². The molecule has 0 amide bonds. The van der Waals surface area contributed by atoms with E-state index in [1.807, 2.05) is 0 Å². The fourth-order valence-electron chi connectivity index (χ4n) is 2.08. The van der Waals surface area contributed by atoms with Crippen LogP contribution in [-0.4, -0.2) is 17.2 Å². The number of benzene rings is 2. The van der Waals surface area contributed by atoms with Gasteiger partial charge in [0.25, 0.3) is 0 Å². The van der Waals surface area contributed by atoms with Crippen molar-refractivity contribution in [2.45, 2.75) is 0 Å². The van der Waals surface area contributed by atoms with Crippen molar-refractivity contribution in [2.75, 3.05) is 7.11 Å². The molecule has 116 valence electrons. The Bertz CT molecular complexity index is 962. The lowest BCUT2D eigenvalue weighted by atomic mass is 10.1. The van der Waals surface area contributed by atoms with Crippen molar-refractivity contribution in [2.24, 2.45) is 0 Å². The monoisotopic (exact) mass is 329 g/mol. The molecule has 2 aromatic carbocycles. The van der Waals surface area contributed by atoms with Crippen LogP contribution in [0.2, 0.25) is 5.02 Å². The van der Waals surface area contributed by atoms with Crippen LogP contribution < -0.4 is 10.4 Å². The lowest BCUT2D eigenvalue weighted by Gasteiger charge is -2.04. The Morgan fingerprint density at radius 1 is 1.30 bits per heavy atom. The highest BCUT2D eigenvalue weighted by molar-refractivity contribution is 6.31. The van der Waals surface area contributed by atoms with E-state index < -0.39 is 5.63 Å². The quantitative estimate of drug-likeness (QED) is 0.738. The molecule has 1 heterocycles. The van der Waals surface area contributed by atoms with Crippen LogP contribution in [0.15, 0.2) is 51.7 Å². The number of hydrogen-bond acceptors (Lipinski definition) is 5. The molecule has 0 aliphatic carbocycles. The van der Waals surface area contributed by atoms with Crippen LogP contribution in [0.25, 0.3) is 22.9 Å². The molecular formula is C17H12ClNO4. The molecule has 0 atom stereocenters. The third-order valence-corrected chi connectivity index (χ3v) is 3.45. The summed E-state index contributed by atoms with van der Waals surface area (Å²) in [7, 11) is 1.53. The molecule has 0 spiro atoms. The van der Waals surface area contributed by atoms with Crippen LogP contribution in [0.1, 0.15) is 11.3 Å². The van der Waals surface area contributed by atoms with Gasteiger partial charge < -0.3 is 14.3 Å². The van der Waals surface area contributed by atoms with Crippen molar-refractivity contribution < 1.29 is 14.3 Å². The van der Waals surface area contributed by atoms with Gasteiger partial charge in [0.05, 0.1) is 7.11 Å². The fourth-order valence-corrected chi connectivity index (χ4v) is 2.24. The fraction of sp³-hybridized carbons (Fsp3) is 0.0588. The number of ether oxygens (including phenoxy) is 1. The molecule has 0 aliphatic rings. The Balaban J connectivity index is 2.08. The number of halogens is 1. The van der Waals surface area contributed by atoms with Crippen LogP contribution in [0.3, 0.4) is 0 Å². The van der Waals surface area contributed by atoms with Gasteiger partial charge >= 0.3 is 5.63 Å². The van der Waals surface area contributed by atoms with Gasteiger partial charge in [0.2, 0.25) is 0 Å². The van der Waals surface area contributed by atoms with E-state index in [-0.39, 0.29) is 11.5 Å². The molecule has 0 saturated carbocycles. The summed E-state index contributed by atoms with van der Waals surface area (Å²) in [6.07, 6.45) is 1.25. The van der Waals surface area contributed by atoms with Crippen molar-refractivity contribution >= 4 is 34.5 Å². The Hall–Kier alpha value is -2.79. The summed E-state index contributed by atoms with van der Waals surface area (Å²) in [5.74, 6) is 0.470. The second-order valence-corrected chi connectivity index (χ2v) is 5.20. The predicted octanol–water partition coefficient (Wildman–Crippen LogP) is 3.91. The van der Waals surface area contributed by atoms with E-state index >= 15 is 0 Å². The molecule has 0 unspecified atom stereocenters. The number of aliphatic hydroxyl groups excluding tert-OH is 1. The summed E-state index contributed by atoms with van der Waals surface area (Å²) in [4.78, 5) is 16.2. The number of fused-ring (bicyclic) bond motifs is 1. The van der Waals surface area contributed by atoms with Gasteiger partial charge in [0.1, 0.15) is 17.0 Å². The predicted molar refractivity (Wildman–Crippen MR) is 88.8 cm³/mol. The van der Waals surface area contributed by atoms with Crippen LogP contribution in [0.4, 0.5) is 0 Å². The molecule has 3 rings (SSSR count). The number of hydrogen-bond donors (Lipinski definition) is 1. The summed E-state index contributed by atoms with van der Waals surface area (Å²) >= 11 is 5.91. The summed E-state index contributed by atoms with van der Waals surface area (Å²) in [5.41, 5.74) is 0.602. The minimum Gasteiger partial charge on any atom is -0.507 e. The molecule has 23 heavy (non-hydrogen) atoms. The highest BCUT2D eigenvalue weighted by atomic mass is 35.5. The largest absolute Gasteiger partial charge is 0.507 e. The Kier molecular flexibility index (Phi) is 4.04. The van der Waals surface area contributed by atoms with Gasteiger partial charge in [-0.3, -0.25) is 0 Å². The van der Waals surface area contributed by atoms with Gasteiger partial charge in [0, 0.05) is 16.7 Å². The highest BCUT2D eigenvalue weighted by Crippen LogP contribution is 2.21. The summed E-state index contributed by atoms with van der Waals surface area (Å²) in [5, 5.41) is 10.7. The minimum absolute atomic E-state index is 0.0138. The maximum atomic E-state index is 12.0. The van der Waals surface area contributed by atoms with Gasteiger partial charge in [-0.1, -0.05) is 23.7 Å². The van der Waals surface area contributed by atoms with Gasteiger partial charge in [-0.25, -0.2) is 9.78 Å². The minimum atomic E-state index is -0.644. The Morgan fingerprint density at radius 3 is 2.91 bits per heavy atom. The average molecular weight is 330 g/mol. The zero-order valence-corrected chi connectivity index (χ0v) is 12.9. The van der Waals surface area contributed by atoms with E-state index in [0.717, 1.165) is 0 Å². The smallest absolute Gasteiger partial charge is 0.362 e. The SMILES string of the molecule is COc1cccc(C(O)=Cc2nc3cc(Cl)ccc3oc2=O)c1. The molecule has 1 aromatic heterocycles. The topological polar surface area (TPSA) is 72.6 Å². The summed E-state index contributed by atoms with van der Waals surface area (Å²) in [6.45, 7) is 0. The first-order chi connectivity index (χ1) is 11.1. The maximum absolute atomic E-state index is 12.0. The molecule has 0 aliphatic heterocycles. The standard InChI is InChI=1S/C17H12ClNO4/c1-22-12-4-2-3-10(7-12)15(20)9-14-17(21)23-16-6-5-11(18)8-13(16)19-14/h2-9,20H,1H3. The summed E-state index contributed by atoms with van der Waals surface area (Å²) in [6, 6.07) is 11.6. The van der Waals surface area contributed by atoms with Crippen LogP contribution in [0.5, 0.6) is 5.75 Å². The number of aliphatic hydroxyl groups is 1. The number of rotatable bonds is 3. The zero-order valence-electron chi connectivity index (χ0n) is 12.1. The Labute approximate surface area is 136 Å². The second-order valence-electron chi connectivity index (χ2n) is 4.76. The molecule has 6 heteroatoms. The molecule has 5 nitrogen and oxygen atoms in total. The van der Waals surface area contributed by atoms with Crippen molar-refractivity contribution in [1.82, 2.24) is 4.98 Å². The molecule has 1 N–H and O–H groups in total. The lowest BCUT2D eigenvalue weighted by molar-refractivity contribution is 0.414. The number of aromatic nitrogens is 1. The van der Waals surface area contributed by atoms with Crippen LogP contribution >= 0.6 is 11.6 Å². The first-order valence-electron chi connectivity index (χ1n) is 6.72. The van der Waals surface area contributed by atoms with E-state index in [4.69, 9.17) is 20.8 Å². The summed E-state index contributed by atoms with van der Waals surface area (Å²) < 4.78 is 10.3. The van der Waals surface area contributed by atoms with E-state index in [2.05, 4.69) is 4.98 Å². The number of methoxy groups -OCH3 is 1. The third kappa shape index (κ3) is 3.19. The second kappa shape index (κ2) is 6.14. The van der Waals surface area contributed by atoms with Gasteiger partial charge in [-0.2, -0.15) is 0 Å². The van der Waals surface area contributed by atoms with Gasteiger partial charge in [0.15, 0.2) is 11.3 Å². The van der Waals surface area contributed by atoms with E-state index in [0.29, 0.717) is 27.4 Å². The van der Waals surface area contributed by atoms with Crippen molar-refractivity contribution in [3.8, 4) is 5.75 Å². The lowest BCUT2D eigenvalue weighted by Crippen LogP contribution is -2.06. The van der Waals surface area contributed by atoms with Crippen molar-refractivity contribution in [3.05, 3.63) is 69.2 Å². The first kappa shape index (κ1) is 15.1. The van der Waals surface area contributed by atoms with E-state index in [1.165, 1.54) is 13.2 Å². The molecule has 0 saturated heterocycles. The number of nitrogens with zero attached hydrogens (tertiary/aromatic N) is 1. The van der Waals surface area contributed by atoms with Gasteiger partial charge in [-0.15, -0.1) is 0 Å². The van der Waals surface area contributed by atoms with Crippen molar-refractivity contribution in [3.63, 3.8) is 0 Å². The normalized spacial score (nSPS) is 11.7. The van der Waals surface area contributed by atoms with Crippen LogP contribution in [0, 0.1) is 0 Å². The molecule has 0 fully saturated rings. The maximum Gasteiger partial charge on any atom is 0.362 e. The molecule has 0 radical (unpaired) electrons. The van der Waals surface area contributed by atoms with Gasteiger partial charge in [-0.05, 0) is 30.3 Å². The molecular weight excluding hydrogens is 318 g/mol. The molecule has 3 aromatic rings. The third-order valence-electron chi connectivity index (χ3n) is 3.21.